The molecule has 0 aromatic rings. The first-order valence-electron chi connectivity index (χ1n) is 6.72. The van der Waals surface area contributed by atoms with Crippen molar-refractivity contribution >= 4 is 0 Å². The monoisotopic (exact) mass is 243 g/mol. The molecule has 1 heterocycles. The zero-order valence-corrected chi connectivity index (χ0v) is 12.0. The highest BCUT2D eigenvalue weighted by Gasteiger charge is 2.31. The molecule has 1 fully saturated rings. The van der Waals surface area contributed by atoms with E-state index < -0.39 is 0 Å². The maximum Gasteiger partial charge on any atom is 0.0623 e. The Morgan fingerprint density at radius 1 is 1.29 bits per heavy atom. The van der Waals surface area contributed by atoms with Gasteiger partial charge in [0, 0.05) is 31.7 Å². The molecule has 0 aromatic heterocycles. The number of aliphatic hydroxyl groups excluding tert-OH is 1. The highest BCUT2D eigenvalue weighted by molar-refractivity contribution is 4.90. The van der Waals surface area contributed by atoms with E-state index in [0.717, 1.165) is 26.2 Å². The topological polar surface area (TPSA) is 38.7 Å². The van der Waals surface area contributed by atoms with Crippen LogP contribution in [0.25, 0.3) is 0 Å². The number of aliphatic hydroxyl groups is 1. The Labute approximate surface area is 106 Å². The summed E-state index contributed by atoms with van der Waals surface area (Å²) >= 11 is 0. The molecule has 1 aliphatic heterocycles. The van der Waals surface area contributed by atoms with E-state index in [1.807, 2.05) is 0 Å². The summed E-state index contributed by atoms with van der Waals surface area (Å²) < 4.78 is 0. The largest absolute Gasteiger partial charge is 0.394 e. The molecule has 17 heavy (non-hydrogen) atoms. The molecule has 2 N–H and O–H groups in total. The summed E-state index contributed by atoms with van der Waals surface area (Å²) in [6, 6.07) is 1.17. The lowest BCUT2D eigenvalue weighted by molar-refractivity contribution is 0.0325. The van der Waals surface area contributed by atoms with Gasteiger partial charge in [0.05, 0.1) is 12.1 Å². The third-order valence-electron chi connectivity index (χ3n) is 3.96. The summed E-state index contributed by atoms with van der Waals surface area (Å²) in [5.41, 5.74) is -0.176. The van der Waals surface area contributed by atoms with E-state index in [9.17, 15) is 5.11 Å². The zero-order valence-electron chi connectivity index (χ0n) is 12.0. The van der Waals surface area contributed by atoms with Crippen molar-refractivity contribution in [2.45, 2.75) is 45.3 Å². The Kier molecular flexibility index (Phi) is 5.38. The van der Waals surface area contributed by atoms with E-state index in [2.05, 4.69) is 49.9 Å². The molecule has 0 bridgehead atoms. The number of likely N-dealkylation sites (N-methyl/N-ethyl adjacent to an activating group) is 2. The number of hydrogen-bond donors (Lipinski definition) is 2. The van der Waals surface area contributed by atoms with Crippen molar-refractivity contribution in [2.24, 2.45) is 0 Å². The van der Waals surface area contributed by atoms with Crippen LogP contribution in [0.4, 0.5) is 0 Å². The molecule has 4 nitrogen and oxygen atoms in total. The molecule has 1 saturated heterocycles. The minimum Gasteiger partial charge on any atom is -0.394 e. The first kappa shape index (κ1) is 14.9. The normalized spacial score (nSPS) is 31.4. The van der Waals surface area contributed by atoms with E-state index in [0.29, 0.717) is 12.1 Å². The van der Waals surface area contributed by atoms with Gasteiger partial charge in [0.2, 0.25) is 0 Å². The lowest BCUT2D eigenvalue weighted by Gasteiger charge is -2.45. The van der Waals surface area contributed by atoms with Gasteiger partial charge in [-0.05, 0) is 34.4 Å². The van der Waals surface area contributed by atoms with Crippen molar-refractivity contribution in [1.29, 1.82) is 0 Å². The highest BCUT2D eigenvalue weighted by Crippen LogP contribution is 2.16. The van der Waals surface area contributed by atoms with Gasteiger partial charge in [0.15, 0.2) is 0 Å². The van der Waals surface area contributed by atoms with Crippen LogP contribution in [-0.2, 0) is 0 Å². The Morgan fingerprint density at radius 3 is 2.24 bits per heavy atom. The number of hydrogen-bond acceptors (Lipinski definition) is 4. The fourth-order valence-electron chi connectivity index (χ4n) is 2.73. The summed E-state index contributed by atoms with van der Waals surface area (Å²) in [6.07, 6.45) is 0. The SMILES string of the molecule is CCNC(C)(CO)CN1CC(C)N(C)C(C)C1. The van der Waals surface area contributed by atoms with Crippen molar-refractivity contribution in [3.8, 4) is 0 Å². The lowest BCUT2D eigenvalue weighted by Crippen LogP contribution is -2.61. The number of rotatable bonds is 5. The van der Waals surface area contributed by atoms with Crippen LogP contribution < -0.4 is 5.32 Å². The van der Waals surface area contributed by atoms with E-state index in [1.54, 1.807) is 0 Å². The summed E-state index contributed by atoms with van der Waals surface area (Å²) in [5, 5.41) is 12.9. The van der Waals surface area contributed by atoms with Crippen LogP contribution in [-0.4, -0.2) is 72.4 Å². The fraction of sp³-hybridized carbons (Fsp3) is 1.00. The van der Waals surface area contributed by atoms with Crippen molar-refractivity contribution in [3.05, 3.63) is 0 Å². The van der Waals surface area contributed by atoms with E-state index in [1.165, 1.54) is 0 Å². The standard InChI is InChI=1S/C13H29N3O/c1-6-14-13(4,10-17)9-16-7-11(2)15(5)12(3)8-16/h11-12,14,17H,6-10H2,1-5H3. The molecule has 1 aliphatic rings. The van der Waals surface area contributed by atoms with Gasteiger partial charge in [-0.15, -0.1) is 0 Å². The Morgan fingerprint density at radius 2 is 1.82 bits per heavy atom. The fourth-order valence-corrected chi connectivity index (χ4v) is 2.73. The predicted molar refractivity (Wildman–Crippen MR) is 72.3 cm³/mol. The molecular formula is C13H29N3O. The third-order valence-corrected chi connectivity index (χ3v) is 3.96. The first-order chi connectivity index (χ1) is 7.91. The van der Waals surface area contributed by atoms with Gasteiger partial charge in [-0.25, -0.2) is 0 Å². The molecule has 1 rings (SSSR count). The van der Waals surface area contributed by atoms with Gasteiger partial charge >= 0.3 is 0 Å². The molecule has 0 radical (unpaired) electrons. The number of nitrogens with one attached hydrogen (secondary N) is 1. The minimum absolute atomic E-state index is 0.176. The number of piperazine rings is 1. The maximum atomic E-state index is 9.53. The van der Waals surface area contributed by atoms with Crippen LogP contribution in [0.1, 0.15) is 27.7 Å². The second kappa shape index (κ2) is 6.14. The Hall–Kier alpha value is -0.160. The van der Waals surface area contributed by atoms with Crippen LogP contribution in [0, 0.1) is 0 Å². The van der Waals surface area contributed by atoms with E-state index >= 15 is 0 Å². The zero-order chi connectivity index (χ0) is 13.1. The van der Waals surface area contributed by atoms with Crippen LogP contribution >= 0.6 is 0 Å². The van der Waals surface area contributed by atoms with Gasteiger partial charge in [-0.1, -0.05) is 6.92 Å². The van der Waals surface area contributed by atoms with Gasteiger partial charge < -0.3 is 10.4 Å². The molecule has 0 spiro atoms. The highest BCUT2D eigenvalue weighted by atomic mass is 16.3. The predicted octanol–water partition coefficient (Wildman–Crippen LogP) is 0.371. The molecule has 3 unspecified atom stereocenters. The minimum atomic E-state index is -0.176. The van der Waals surface area contributed by atoms with Gasteiger partial charge in [0.25, 0.3) is 0 Å². The molecule has 0 aromatic carbocycles. The van der Waals surface area contributed by atoms with Crippen LogP contribution in [0.5, 0.6) is 0 Å². The van der Waals surface area contributed by atoms with Gasteiger partial charge in [-0.2, -0.15) is 0 Å². The third kappa shape index (κ3) is 3.91. The first-order valence-corrected chi connectivity index (χ1v) is 6.72. The average molecular weight is 243 g/mol. The molecule has 0 aliphatic carbocycles. The average Bonchev–Trinajstić information content (AvgIpc) is 2.26. The van der Waals surface area contributed by atoms with Crippen LogP contribution in [0.15, 0.2) is 0 Å². The van der Waals surface area contributed by atoms with Crippen molar-refractivity contribution < 1.29 is 5.11 Å². The smallest absolute Gasteiger partial charge is 0.0623 e. The van der Waals surface area contributed by atoms with Crippen molar-refractivity contribution in [2.75, 3.05) is 39.8 Å². The van der Waals surface area contributed by atoms with Crippen molar-refractivity contribution in [1.82, 2.24) is 15.1 Å². The molecule has 0 amide bonds. The van der Waals surface area contributed by atoms with Gasteiger partial charge in [0.1, 0.15) is 0 Å². The maximum absolute atomic E-state index is 9.53. The summed E-state index contributed by atoms with van der Waals surface area (Å²) in [7, 11) is 2.20. The Bertz CT molecular complexity index is 225. The lowest BCUT2D eigenvalue weighted by atomic mass is 10.0. The molecular weight excluding hydrogens is 214 g/mol. The molecule has 102 valence electrons. The quantitative estimate of drug-likeness (QED) is 0.732. The Balaban J connectivity index is 2.56. The summed E-state index contributed by atoms with van der Waals surface area (Å²) in [5.74, 6) is 0. The summed E-state index contributed by atoms with van der Waals surface area (Å²) in [4.78, 5) is 4.90. The summed E-state index contributed by atoms with van der Waals surface area (Å²) in [6.45, 7) is 12.9. The van der Waals surface area contributed by atoms with Crippen LogP contribution in [0.3, 0.4) is 0 Å². The molecule has 0 saturated carbocycles. The molecule has 4 heteroatoms. The number of nitrogens with zero attached hydrogens (tertiary/aromatic N) is 2. The van der Waals surface area contributed by atoms with Crippen LogP contribution in [0.2, 0.25) is 0 Å². The van der Waals surface area contributed by atoms with Crippen molar-refractivity contribution in [3.63, 3.8) is 0 Å². The second-order valence-corrected chi connectivity index (χ2v) is 5.81. The van der Waals surface area contributed by atoms with Gasteiger partial charge in [-0.3, -0.25) is 9.80 Å². The molecule has 3 atom stereocenters. The second-order valence-electron chi connectivity index (χ2n) is 5.81. The van der Waals surface area contributed by atoms with E-state index in [-0.39, 0.29) is 12.1 Å². The van der Waals surface area contributed by atoms with E-state index in [4.69, 9.17) is 0 Å².